The molecule has 2 aromatic carbocycles. The second-order valence-corrected chi connectivity index (χ2v) is 5.00. The summed E-state index contributed by atoms with van der Waals surface area (Å²) in [4.78, 5) is 12.4. The molecule has 0 bridgehead atoms. The average molecular weight is 324 g/mol. The Labute approximate surface area is 116 Å². The van der Waals surface area contributed by atoms with Gasteiger partial charge in [0.2, 0.25) is 5.43 Å². The summed E-state index contributed by atoms with van der Waals surface area (Å²) >= 11 is 9.41. The second kappa shape index (κ2) is 4.41. The number of benzene rings is 2. The first-order valence-corrected chi connectivity index (χ1v) is 6.90. The van der Waals surface area contributed by atoms with Crippen LogP contribution in [0, 0.1) is 0 Å². The fourth-order valence-electron chi connectivity index (χ4n) is 2.04. The van der Waals surface area contributed by atoms with Crippen LogP contribution in [0.4, 0.5) is 0 Å². The largest absolute Gasteiger partial charge is 0.455 e. The molecule has 0 N–H and O–H groups in total. The molecular weight excluding hydrogens is 316 g/mol. The second-order valence-electron chi connectivity index (χ2n) is 4.00. The predicted molar refractivity (Wildman–Crippen MR) is 77.6 cm³/mol. The molecule has 2 nitrogen and oxygen atoms in total. The van der Waals surface area contributed by atoms with E-state index in [-0.39, 0.29) is 5.43 Å². The maximum absolute atomic E-state index is 12.4. The summed E-state index contributed by atoms with van der Waals surface area (Å²) in [5.41, 5.74) is 2.02. The summed E-state index contributed by atoms with van der Waals surface area (Å²) in [6, 6.07) is 10.7. The van der Waals surface area contributed by atoms with Gasteiger partial charge in [-0.25, -0.2) is 0 Å². The zero-order valence-electron chi connectivity index (χ0n) is 9.24. The SMILES string of the molecule is O=c1c2ccccc2oc2c(CBr)cc(Cl)cc12. The molecule has 3 rings (SSSR count). The van der Waals surface area contributed by atoms with Gasteiger partial charge in [0.1, 0.15) is 11.2 Å². The Balaban J connectivity index is 2.59. The topological polar surface area (TPSA) is 30.2 Å². The van der Waals surface area contributed by atoms with Crippen LogP contribution in [-0.2, 0) is 5.33 Å². The number of para-hydroxylation sites is 1. The van der Waals surface area contributed by atoms with Gasteiger partial charge in [-0.1, -0.05) is 39.7 Å². The van der Waals surface area contributed by atoms with Crippen molar-refractivity contribution >= 4 is 49.5 Å². The van der Waals surface area contributed by atoms with Crippen LogP contribution in [0.1, 0.15) is 5.56 Å². The van der Waals surface area contributed by atoms with Crippen molar-refractivity contribution in [2.45, 2.75) is 5.33 Å². The van der Waals surface area contributed by atoms with Gasteiger partial charge in [0.25, 0.3) is 0 Å². The molecule has 0 radical (unpaired) electrons. The molecule has 4 heteroatoms. The Morgan fingerprint density at radius 3 is 2.72 bits per heavy atom. The maximum Gasteiger partial charge on any atom is 0.200 e. The van der Waals surface area contributed by atoms with Gasteiger partial charge >= 0.3 is 0 Å². The summed E-state index contributed by atoms with van der Waals surface area (Å²) in [7, 11) is 0. The highest BCUT2D eigenvalue weighted by Crippen LogP contribution is 2.26. The Hall–Kier alpha value is -1.32. The highest BCUT2D eigenvalue weighted by Gasteiger charge is 2.11. The summed E-state index contributed by atoms with van der Waals surface area (Å²) < 4.78 is 5.82. The van der Waals surface area contributed by atoms with Crippen molar-refractivity contribution in [3.05, 3.63) is 57.2 Å². The van der Waals surface area contributed by atoms with Gasteiger partial charge in [-0.15, -0.1) is 0 Å². The smallest absolute Gasteiger partial charge is 0.200 e. The highest BCUT2D eigenvalue weighted by atomic mass is 79.9. The van der Waals surface area contributed by atoms with E-state index in [4.69, 9.17) is 16.0 Å². The minimum atomic E-state index is -0.0449. The van der Waals surface area contributed by atoms with Gasteiger partial charge in [-0.05, 0) is 24.3 Å². The average Bonchev–Trinajstić information content (AvgIpc) is 2.39. The number of rotatable bonds is 1. The van der Waals surface area contributed by atoms with Crippen LogP contribution in [-0.4, -0.2) is 0 Å². The first-order valence-electron chi connectivity index (χ1n) is 5.40. The lowest BCUT2D eigenvalue weighted by molar-refractivity contribution is 0.656. The van der Waals surface area contributed by atoms with Crippen LogP contribution in [0.5, 0.6) is 0 Å². The van der Waals surface area contributed by atoms with Crippen LogP contribution < -0.4 is 5.43 Å². The minimum absolute atomic E-state index is 0.0449. The van der Waals surface area contributed by atoms with Crippen LogP contribution in [0.15, 0.2) is 45.6 Å². The zero-order chi connectivity index (χ0) is 12.7. The summed E-state index contributed by atoms with van der Waals surface area (Å²) in [5.74, 6) is 0. The standard InChI is InChI=1S/C14H8BrClO2/c15-7-8-5-9(16)6-11-13(17)10-3-1-2-4-12(10)18-14(8)11/h1-6H,7H2. The van der Waals surface area contributed by atoms with Crippen molar-refractivity contribution in [2.75, 3.05) is 0 Å². The van der Waals surface area contributed by atoms with Crippen molar-refractivity contribution in [2.24, 2.45) is 0 Å². The van der Waals surface area contributed by atoms with Crippen LogP contribution in [0.2, 0.25) is 5.02 Å². The molecule has 0 saturated carbocycles. The lowest BCUT2D eigenvalue weighted by atomic mass is 10.1. The third kappa shape index (κ3) is 1.74. The van der Waals surface area contributed by atoms with Crippen LogP contribution >= 0.6 is 27.5 Å². The number of fused-ring (bicyclic) bond motifs is 2. The molecule has 0 fully saturated rings. The fourth-order valence-corrected chi connectivity index (χ4v) is 2.69. The number of halogens is 2. The number of alkyl halides is 1. The van der Waals surface area contributed by atoms with E-state index in [0.29, 0.717) is 32.3 Å². The van der Waals surface area contributed by atoms with Crippen molar-refractivity contribution in [3.63, 3.8) is 0 Å². The third-order valence-corrected chi connectivity index (χ3v) is 3.69. The van der Waals surface area contributed by atoms with E-state index in [1.54, 1.807) is 24.3 Å². The molecule has 0 aliphatic rings. The molecule has 0 aliphatic carbocycles. The Bertz CT molecular complexity index is 808. The molecule has 0 spiro atoms. The Morgan fingerprint density at radius 1 is 1.17 bits per heavy atom. The molecule has 1 heterocycles. The van der Waals surface area contributed by atoms with Crippen LogP contribution in [0.3, 0.4) is 0 Å². The van der Waals surface area contributed by atoms with Crippen molar-refractivity contribution in [3.8, 4) is 0 Å². The van der Waals surface area contributed by atoms with Gasteiger partial charge in [0.05, 0.1) is 10.8 Å². The molecule has 0 aliphatic heterocycles. The van der Waals surface area contributed by atoms with E-state index in [1.165, 1.54) is 0 Å². The quantitative estimate of drug-likeness (QED) is 0.488. The van der Waals surface area contributed by atoms with Crippen molar-refractivity contribution < 1.29 is 4.42 Å². The first-order chi connectivity index (χ1) is 8.70. The zero-order valence-corrected chi connectivity index (χ0v) is 11.6. The summed E-state index contributed by atoms with van der Waals surface area (Å²) in [6.45, 7) is 0. The van der Waals surface area contributed by atoms with E-state index in [2.05, 4.69) is 15.9 Å². The van der Waals surface area contributed by atoms with Gasteiger partial charge in [0.15, 0.2) is 0 Å². The van der Waals surface area contributed by atoms with Gasteiger partial charge in [-0.3, -0.25) is 4.79 Å². The van der Waals surface area contributed by atoms with Crippen LogP contribution in [0.25, 0.3) is 21.9 Å². The van der Waals surface area contributed by atoms with Crippen molar-refractivity contribution in [1.29, 1.82) is 0 Å². The monoisotopic (exact) mass is 322 g/mol. The molecule has 3 aromatic rings. The molecule has 0 amide bonds. The molecular formula is C14H8BrClO2. The normalized spacial score (nSPS) is 11.2. The van der Waals surface area contributed by atoms with E-state index < -0.39 is 0 Å². The van der Waals surface area contributed by atoms with Gasteiger partial charge in [-0.2, -0.15) is 0 Å². The number of hydrogen-bond donors (Lipinski definition) is 0. The fraction of sp³-hybridized carbons (Fsp3) is 0.0714. The molecule has 0 saturated heterocycles. The van der Waals surface area contributed by atoms with E-state index in [1.807, 2.05) is 12.1 Å². The van der Waals surface area contributed by atoms with E-state index >= 15 is 0 Å². The lowest BCUT2D eigenvalue weighted by Gasteiger charge is -2.05. The summed E-state index contributed by atoms with van der Waals surface area (Å²) in [6.07, 6.45) is 0. The molecule has 90 valence electrons. The maximum atomic E-state index is 12.4. The predicted octanol–water partition coefficient (Wildman–Crippen LogP) is 4.49. The molecule has 0 atom stereocenters. The Kier molecular flexibility index (Phi) is 2.88. The minimum Gasteiger partial charge on any atom is -0.455 e. The molecule has 0 unspecified atom stereocenters. The Morgan fingerprint density at radius 2 is 1.94 bits per heavy atom. The molecule has 1 aromatic heterocycles. The number of hydrogen-bond acceptors (Lipinski definition) is 2. The van der Waals surface area contributed by atoms with Crippen molar-refractivity contribution in [1.82, 2.24) is 0 Å². The lowest BCUT2D eigenvalue weighted by Crippen LogP contribution is -2.03. The van der Waals surface area contributed by atoms with Gasteiger partial charge < -0.3 is 4.42 Å². The highest BCUT2D eigenvalue weighted by molar-refractivity contribution is 9.08. The summed E-state index contributed by atoms with van der Waals surface area (Å²) in [5, 5.41) is 2.23. The third-order valence-electron chi connectivity index (χ3n) is 2.86. The van der Waals surface area contributed by atoms with E-state index in [9.17, 15) is 4.79 Å². The molecule has 18 heavy (non-hydrogen) atoms. The van der Waals surface area contributed by atoms with E-state index in [0.717, 1.165) is 5.56 Å². The first kappa shape index (κ1) is 11.8. The van der Waals surface area contributed by atoms with Gasteiger partial charge in [0, 0.05) is 15.9 Å².